The van der Waals surface area contributed by atoms with E-state index < -0.39 is 0 Å². The van der Waals surface area contributed by atoms with Gasteiger partial charge in [-0.2, -0.15) is 0 Å². The van der Waals surface area contributed by atoms with Gasteiger partial charge in [-0.25, -0.2) is 0 Å². The summed E-state index contributed by atoms with van der Waals surface area (Å²) >= 11 is 1.73. The molecule has 0 spiro atoms. The van der Waals surface area contributed by atoms with E-state index in [1.165, 1.54) is 10.1 Å². The molecule has 2 heteroatoms. The lowest BCUT2D eigenvalue weighted by molar-refractivity contribution is 0.477. The molecule has 0 atom stereocenters. The third kappa shape index (κ3) is 1.48. The van der Waals surface area contributed by atoms with E-state index in [9.17, 15) is 5.11 Å². The fourth-order valence-electron chi connectivity index (χ4n) is 1.80. The van der Waals surface area contributed by atoms with Crippen molar-refractivity contribution < 1.29 is 5.11 Å². The van der Waals surface area contributed by atoms with Gasteiger partial charge in [0, 0.05) is 10.3 Å². The van der Waals surface area contributed by atoms with Gasteiger partial charge in [-0.05, 0) is 46.7 Å². The molecular formula is C14H9OS. The molecule has 1 N–H and O–H groups in total. The minimum atomic E-state index is 0.275. The minimum absolute atomic E-state index is 0.275. The zero-order chi connectivity index (χ0) is 11.0. The molecule has 3 aromatic rings. The summed E-state index contributed by atoms with van der Waals surface area (Å²) in [6, 6.07) is 16.5. The highest BCUT2D eigenvalue weighted by Crippen LogP contribution is 2.32. The van der Waals surface area contributed by atoms with Crippen molar-refractivity contribution in [2.75, 3.05) is 0 Å². The van der Waals surface area contributed by atoms with Crippen LogP contribution in [0.1, 0.15) is 0 Å². The number of fused-ring (bicyclic) bond motifs is 1. The quantitative estimate of drug-likeness (QED) is 0.661. The van der Waals surface area contributed by atoms with Crippen LogP contribution in [0, 0.1) is 6.07 Å². The van der Waals surface area contributed by atoms with Gasteiger partial charge in [0.1, 0.15) is 5.75 Å². The van der Waals surface area contributed by atoms with Gasteiger partial charge in [-0.1, -0.05) is 18.2 Å². The van der Waals surface area contributed by atoms with E-state index in [1.807, 2.05) is 18.2 Å². The smallest absolute Gasteiger partial charge is 0.124 e. The van der Waals surface area contributed by atoms with Crippen LogP contribution in [-0.4, -0.2) is 5.11 Å². The summed E-state index contributed by atoms with van der Waals surface area (Å²) in [5, 5.41) is 13.1. The number of benzene rings is 2. The summed E-state index contributed by atoms with van der Waals surface area (Å²) in [5.74, 6) is 0.275. The van der Waals surface area contributed by atoms with Crippen LogP contribution in [-0.2, 0) is 0 Å². The molecule has 77 valence electrons. The maximum atomic E-state index is 9.76. The van der Waals surface area contributed by atoms with Gasteiger partial charge in [0.15, 0.2) is 0 Å². The summed E-state index contributed by atoms with van der Waals surface area (Å²) in [5.41, 5.74) is 1.89. The Bertz CT molecular complexity index is 640. The molecule has 3 rings (SSSR count). The Morgan fingerprint density at radius 3 is 2.94 bits per heavy atom. The first-order valence-corrected chi connectivity index (χ1v) is 5.89. The zero-order valence-corrected chi connectivity index (χ0v) is 9.29. The fraction of sp³-hybridized carbons (Fsp3) is 0. The molecule has 2 aromatic carbocycles. The van der Waals surface area contributed by atoms with E-state index in [0.29, 0.717) is 0 Å². The van der Waals surface area contributed by atoms with E-state index in [2.05, 4.69) is 29.6 Å². The van der Waals surface area contributed by atoms with Crippen molar-refractivity contribution in [3.05, 3.63) is 53.9 Å². The monoisotopic (exact) mass is 225 g/mol. The van der Waals surface area contributed by atoms with Crippen LogP contribution < -0.4 is 0 Å². The van der Waals surface area contributed by atoms with E-state index in [1.54, 1.807) is 17.4 Å². The summed E-state index contributed by atoms with van der Waals surface area (Å²) < 4.78 is 1.27. The summed E-state index contributed by atoms with van der Waals surface area (Å²) in [6.07, 6.45) is 0. The molecular weight excluding hydrogens is 216 g/mol. The second-order valence-corrected chi connectivity index (χ2v) is 4.56. The lowest BCUT2D eigenvalue weighted by atomic mass is 10.0. The normalized spacial score (nSPS) is 10.8. The Morgan fingerprint density at radius 1 is 1.12 bits per heavy atom. The molecule has 0 amide bonds. The van der Waals surface area contributed by atoms with Gasteiger partial charge in [-0.15, -0.1) is 11.3 Å². The lowest BCUT2D eigenvalue weighted by Crippen LogP contribution is -1.78. The number of rotatable bonds is 1. The summed E-state index contributed by atoms with van der Waals surface area (Å²) in [7, 11) is 0. The van der Waals surface area contributed by atoms with Gasteiger partial charge < -0.3 is 5.11 Å². The van der Waals surface area contributed by atoms with E-state index in [-0.39, 0.29) is 5.75 Å². The molecule has 0 aliphatic carbocycles. The van der Waals surface area contributed by atoms with Crippen molar-refractivity contribution in [1.29, 1.82) is 0 Å². The molecule has 1 aromatic heterocycles. The molecule has 0 aliphatic rings. The SMILES string of the molecule is Oc1c[c]ccc1-c1ccc2sccc2c1. The van der Waals surface area contributed by atoms with Crippen LogP contribution in [0.25, 0.3) is 21.2 Å². The van der Waals surface area contributed by atoms with Crippen molar-refractivity contribution in [3.63, 3.8) is 0 Å². The van der Waals surface area contributed by atoms with Crippen molar-refractivity contribution >= 4 is 21.4 Å². The standard InChI is InChI=1S/C14H9OS/c15-13-4-2-1-3-12(13)10-5-6-14-11(9-10)7-8-16-14/h1,3-9,15H. The number of hydrogen-bond acceptors (Lipinski definition) is 2. The largest absolute Gasteiger partial charge is 0.507 e. The Hall–Kier alpha value is -1.80. The van der Waals surface area contributed by atoms with Crippen LogP contribution in [0.4, 0.5) is 0 Å². The third-order valence-electron chi connectivity index (χ3n) is 2.61. The van der Waals surface area contributed by atoms with Gasteiger partial charge in [0.2, 0.25) is 0 Å². The number of phenols is 1. The number of phenolic OH excluding ortho intramolecular Hbond substituents is 1. The van der Waals surface area contributed by atoms with E-state index in [0.717, 1.165) is 11.1 Å². The van der Waals surface area contributed by atoms with Crippen molar-refractivity contribution in [1.82, 2.24) is 0 Å². The van der Waals surface area contributed by atoms with Crippen LogP contribution in [0.3, 0.4) is 0 Å². The predicted molar refractivity (Wildman–Crippen MR) is 67.8 cm³/mol. The van der Waals surface area contributed by atoms with Gasteiger partial charge in [0.25, 0.3) is 0 Å². The number of thiophene rings is 1. The first-order valence-electron chi connectivity index (χ1n) is 5.01. The Morgan fingerprint density at radius 2 is 2.06 bits per heavy atom. The topological polar surface area (TPSA) is 20.2 Å². The molecule has 0 unspecified atom stereocenters. The van der Waals surface area contributed by atoms with Crippen molar-refractivity contribution in [2.24, 2.45) is 0 Å². The Labute approximate surface area is 97.6 Å². The fourth-order valence-corrected chi connectivity index (χ4v) is 2.57. The van der Waals surface area contributed by atoms with Crippen LogP contribution >= 0.6 is 11.3 Å². The summed E-state index contributed by atoms with van der Waals surface area (Å²) in [6.45, 7) is 0. The maximum Gasteiger partial charge on any atom is 0.124 e. The molecule has 0 bridgehead atoms. The summed E-state index contributed by atoms with van der Waals surface area (Å²) in [4.78, 5) is 0. The zero-order valence-electron chi connectivity index (χ0n) is 8.47. The number of aromatic hydroxyl groups is 1. The second kappa shape index (κ2) is 3.65. The predicted octanol–water partition coefficient (Wildman–Crippen LogP) is 4.07. The van der Waals surface area contributed by atoms with Gasteiger partial charge in [0.05, 0.1) is 0 Å². The minimum Gasteiger partial charge on any atom is -0.507 e. The third-order valence-corrected chi connectivity index (χ3v) is 3.50. The lowest BCUT2D eigenvalue weighted by Gasteiger charge is -2.04. The van der Waals surface area contributed by atoms with Gasteiger partial charge >= 0.3 is 0 Å². The Kier molecular flexibility index (Phi) is 2.15. The Balaban J connectivity index is 2.22. The highest BCUT2D eigenvalue weighted by molar-refractivity contribution is 7.17. The first-order chi connectivity index (χ1) is 7.84. The van der Waals surface area contributed by atoms with Gasteiger partial charge in [-0.3, -0.25) is 0 Å². The molecule has 0 saturated carbocycles. The highest BCUT2D eigenvalue weighted by Gasteiger charge is 2.04. The van der Waals surface area contributed by atoms with Crippen LogP contribution in [0.2, 0.25) is 0 Å². The number of hydrogen-bond donors (Lipinski definition) is 1. The molecule has 0 saturated heterocycles. The molecule has 1 nitrogen and oxygen atoms in total. The second-order valence-electron chi connectivity index (χ2n) is 3.62. The molecule has 1 radical (unpaired) electrons. The molecule has 1 heterocycles. The molecule has 16 heavy (non-hydrogen) atoms. The van der Waals surface area contributed by atoms with Crippen LogP contribution in [0.5, 0.6) is 5.75 Å². The average molecular weight is 225 g/mol. The van der Waals surface area contributed by atoms with Crippen LogP contribution in [0.15, 0.2) is 47.8 Å². The first kappa shape index (κ1) is 9.43. The molecule has 0 aliphatic heterocycles. The molecule has 0 fully saturated rings. The van der Waals surface area contributed by atoms with E-state index in [4.69, 9.17) is 0 Å². The average Bonchev–Trinajstić information content (AvgIpc) is 2.76. The van der Waals surface area contributed by atoms with E-state index >= 15 is 0 Å². The maximum absolute atomic E-state index is 9.76. The van der Waals surface area contributed by atoms with Crippen molar-refractivity contribution in [2.45, 2.75) is 0 Å². The van der Waals surface area contributed by atoms with Crippen molar-refractivity contribution in [3.8, 4) is 16.9 Å². The highest BCUT2D eigenvalue weighted by atomic mass is 32.1.